The maximum Gasteiger partial charge on any atom is 0.253 e. The molecule has 0 heterocycles. The summed E-state index contributed by atoms with van der Waals surface area (Å²) in [5.74, 6) is -0.196. The van der Waals surface area contributed by atoms with Crippen molar-refractivity contribution in [2.45, 2.75) is 18.2 Å². The fourth-order valence-corrected chi connectivity index (χ4v) is 2.25. The standard InChI is InChI=1S/C13H16N2O3S/c1-3-15(10-4-9-14)13(16)11-5-7-12(8-6-11)19(2,17)18/h5-8H,3-4,10H2,1-2H3. The first-order valence-corrected chi connectivity index (χ1v) is 7.75. The average Bonchev–Trinajstić information content (AvgIpc) is 2.38. The molecule has 1 aromatic carbocycles. The second-order valence-corrected chi connectivity index (χ2v) is 6.11. The van der Waals surface area contributed by atoms with Gasteiger partial charge in [-0.15, -0.1) is 0 Å². The van der Waals surface area contributed by atoms with Gasteiger partial charge in [0.2, 0.25) is 0 Å². The van der Waals surface area contributed by atoms with Crippen LogP contribution in [0.15, 0.2) is 29.2 Å². The zero-order chi connectivity index (χ0) is 14.5. The van der Waals surface area contributed by atoms with Gasteiger partial charge in [-0.3, -0.25) is 4.79 Å². The number of hydrogen-bond acceptors (Lipinski definition) is 4. The number of sulfone groups is 1. The first-order valence-electron chi connectivity index (χ1n) is 5.86. The predicted molar refractivity (Wildman–Crippen MR) is 71.4 cm³/mol. The van der Waals surface area contributed by atoms with Crippen molar-refractivity contribution in [2.24, 2.45) is 0 Å². The van der Waals surface area contributed by atoms with Crippen LogP contribution in [0.4, 0.5) is 0 Å². The van der Waals surface area contributed by atoms with Crippen LogP contribution in [-0.4, -0.2) is 38.6 Å². The lowest BCUT2D eigenvalue weighted by Crippen LogP contribution is -2.31. The average molecular weight is 280 g/mol. The third-order valence-corrected chi connectivity index (χ3v) is 3.82. The Balaban J connectivity index is 2.91. The highest BCUT2D eigenvalue weighted by Gasteiger charge is 2.14. The number of carbonyl (C=O) groups is 1. The Morgan fingerprint density at radius 1 is 1.32 bits per heavy atom. The molecule has 1 aromatic rings. The van der Waals surface area contributed by atoms with Gasteiger partial charge in [0, 0.05) is 24.9 Å². The highest BCUT2D eigenvalue weighted by Crippen LogP contribution is 2.12. The van der Waals surface area contributed by atoms with E-state index in [9.17, 15) is 13.2 Å². The van der Waals surface area contributed by atoms with Crippen LogP contribution in [0, 0.1) is 11.3 Å². The van der Waals surface area contributed by atoms with Gasteiger partial charge in [-0.1, -0.05) is 0 Å². The minimum absolute atomic E-state index is 0.184. The Morgan fingerprint density at radius 2 is 1.89 bits per heavy atom. The van der Waals surface area contributed by atoms with E-state index in [4.69, 9.17) is 5.26 Å². The van der Waals surface area contributed by atoms with Crippen LogP contribution in [0.3, 0.4) is 0 Å². The quantitative estimate of drug-likeness (QED) is 0.818. The summed E-state index contributed by atoms with van der Waals surface area (Å²) in [4.78, 5) is 13.8. The maximum absolute atomic E-state index is 12.1. The van der Waals surface area contributed by atoms with Gasteiger partial charge >= 0.3 is 0 Å². The first kappa shape index (κ1) is 15.2. The van der Waals surface area contributed by atoms with E-state index >= 15 is 0 Å². The Bertz CT molecular complexity index is 585. The van der Waals surface area contributed by atoms with Crippen molar-refractivity contribution in [1.29, 1.82) is 5.26 Å². The van der Waals surface area contributed by atoms with Crippen molar-refractivity contribution in [2.75, 3.05) is 19.3 Å². The van der Waals surface area contributed by atoms with E-state index in [0.29, 0.717) is 18.7 Å². The monoisotopic (exact) mass is 280 g/mol. The molecule has 0 aliphatic heterocycles. The lowest BCUT2D eigenvalue weighted by molar-refractivity contribution is 0.0767. The molecule has 0 aromatic heterocycles. The number of nitrogens with zero attached hydrogens (tertiary/aromatic N) is 2. The SMILES string of the molecule is CCN(CCC#N)C(=O)c1ccc(S(C)(=O)=O)cc1. The second kappa shape index (κ2) is 6.34. The molecule has 0 saturated heterocycles. The lowest BCUT2D eigenvalue weighted by atomic mass is 10.2. The summed E-state index contributed by atoms with van der Waals surface area (Å²) in [5, 5.41) is 8.53. The number of benzene rings is 1. The predicted octanol–water partition coefficient (Wildman–Crippen LogP) is 1.47. The maximum atomic E-state index is 12.1. The highest BCUT2D eigenvalue weighted by atomic mass is 32.2. The van der Waals surface area contributed by atoms with Gasteiger partial charge in [0.1, 0.15) is 0 Å². The Labute approximate surface area is 113 Å². The molecule has 1 amide bonds. The Hall–Kier alpha value is -1.87. The lowest BCUT2D eigenvalue weighted by Gasteiger charge is -2.19. The van der Waals surface area contributed by atoms with Crippen LogP contribution in [0.2, 0.25) is 0 Å². The number of rotatable bonds is 5. The number of amides is 1. The number of nitriles is 1. The van der Waals surface area contributed by atoms with Crippen LogP contribution in [0.1, 0.15) is 23.7 Å². The van der Waals surface area contributed by atoms with Gasteiger partial charge < -0.3 is 4.90 Å². The second-order valence-electron chi connectivity index (χ2n) is 4.09. The van der Waals surface area contributed by atoms with Crippen LogP contribution in [-0.2, 0) is 9.84 Å². The van der Waals surface area contributed by atoms with Gasteiger partial charge in [-0.05, 0) is 31.2 Å². The molecule has 0 spiro atoms. The highest BCUT2D eigenvalue weighted by molar-refractivity contribution is 7.90. The van der Waals surface area contributed by atoms with E-state index in [-0.39, 0.29) is 17.2 Å². The molecule has 0 aliphatic rings. The molecular formula is C13H16N2O3S. The van der Waals surface area contributed by atoms with Gasteiger partial charge in [-0.2, -0.15) is 5.26 Å². The van der Waals surface area contributed by atoms with Crippen molar-refractivity contribution >= 4 is 15.7 Å². The molecule has 19 heavy (non-hydrogen) atoms. The summed E-state index contributed by atoms with van der Waals surface area (Å²) in [6.45, 7) is 2.72. The molecule has 0 bridgehead atoms. The van der Waals surface area contributed by atoms with E-state index < -0.39 is 9.84 Å². The molecule has 0 radical (unpaired) electrons. The zero-order valence-electron chi connectivity index (χ0n) is 11.0. The molecule has 0 aliphatic carbocycles. The summed E-state index contributed by atoms with van der Waals surface area (Å²) < 4.78 is 22.6. The summed E-state index contributed by atoms with van der Waals surface area (Å²) >= 11 is 0. The van der Waals surface area contributed by atoms with Crippen molar-refractivity contribution in [3.63, 3.8) is 0 Å². The van der Waals surface area contributed by atoms with E-state index in [1.54, 1.807) is 4.90 Å². The summed E-state index contributed by atoms with van der Waals surface area (Å²) in [6.07, 6.45) is 1.40. The van der Waals surface area contributed by atoms with E-state index in [1.165, 1.54) is 24.3 Å². The fourth-order valence-electron chi connectivity index (χ4n) is 1.62. The van der Waals surface area contributed by atoms with Gasteiger partial charge in [0.05, 0.1) is 17.4 Å². The number of hydrogen-bond donors (Lipinski definition) is 0. The Kier molecular flexibility index (Phi) is 5.07. The molecule has 0 atom stereocenters. The topological polar surface area (TPSA) is 78.2 Å². The van der Waals surface area contributed by atoms with Crippen molar-refractivity contribution < 1.29 is 13.2 Å². The first-order chi connectivity index (χ1) is 8.90. The minimum Gasteiger partial charge on any atom is -0.338 e. The van der Waals surface area contributed by atoms with Crippen LogP contribution < -0.4 is 0 Å². The van der Waals surface area contributed by atoms with Gasteiger partial charge in [0.15, 0.2) is 9.84 Å². The van der Waals surface area contributed by atoms with E-state index in [1.807, 2.05) is 13.0 Å². The molecule has 6 heteroatoms. The van der Waals surface area contributed by atoms with Crippen LogP contribution in [0.25, 0.3) is 0 Å². The zero-order valence-corrected chi connectivity index (χ0v) is 11.8. The summed E-state index contributed by atoms with van der Waals surface area (Å²) in [7, 11) is -3.25. The molecule has 0 unspecified atom stereocenters. The third-order valence-electron chi connectivity index (χ3n) is 2.69. The largest absolute Gasteiger partial charge is 0.338 e. The fraction of sp³-hybridized carbons (Fsp3) is 0.385. The van der Waals surface area contributed by atoms with Crippen LogP contribution >= 0.6 is 0 Å². The normalized spacial score (nSPS) is 10.8. The molecule has 0 saturated carbocycles. The summed E-state index contributed by atoms with van der Waals surface area (Å²) in [5.41, 5.74) is 0.423. The van der Waals surface area contributed by atoms with E-state index in [2.05, 4.69) is 0 Å². The molecule has 0 fully saturated rings. The van der Waals surface area contributed by atoms with Crippen molar-refractivity contribution in [3.05, 3.63) is 29.8 Å². The van der Waals surface area contributed by atoms with Crippen molar-refractivity contribution in [1.82, 2.24) is 4.90 Å². The Morgan fingerprint density at radius 3 is 2.32 bits per heavy atom. The molecule has 0 N–H and O–H groups in total. The third kappa shape index (κ3) is 4.07. The summed E-state index contributed by atoms with van der Waals surface area (Å²) in [6, 6.07) is 7.82. The molecular weight excluding hydrogens is 264 g/mol. The molecule has 102 valence electrons. The van der Waals surface area contributed by atoms with Gasteiger partial charge in [-0.25, -0.2) is 8.42 Å². The van der Waals surface area contributed by atoms with E-state index in [0.717, 1.165) is 6.26 Å². The molecule has 1 rings (SSSR count). The van der Waals surface area contributed by atoms with Crippen LogP contribution in [0.5, 0.6) is 0 Å². The smallest absolute Gasteiger partial charge is 0.253 e. The number of carbonyl (C=O) groups excluding carboxylic acids is 1. The van der Waals surface area contributed by atoms with Gasteiger partial charge in [0.25, 0.3) is 5.91 Å². The minimum atomic E-state index is -3.25. The van der Waals surface area contributed by atoms with Crippen molar-refractivity contribution in [3.8, 4) is 6.07 Å². The molecule has 5 nitrogen and oxygen atoms in total.